The summed E-state index contributed by atoms with van der Waals surface area (Å²) in [5, 5.41) is 9.64. The predicted octanol–water partition coefficient (Wildman–Crippen LogP) is -0.286. The van der Waals surface area contributed by atoms with Crippen molar-refractivity contribution in [3.63, 3.8) is 0 Å². The van der Waals surface area contributed by atoms with Gasteiger partial charge in [-0.2, -0.15) is 0 Å². The third-order valence-corrected chi connectivity index (χ3v) is 4.46. The Morgan fingerprint density at radius 3 is 2.82 bits per heavy atom. The number of hydrogen-bond acceptors (Lipinski definition) is 6. The molecule has 1 heterocycles. The molecule has 0 spiro atoms. The monoisotopic (exact) mass is 306 g/mol. The molecule has 2 aliphatic rings. The van der Waals surface area contributed by atoms with Crippen molar-refractivity contribution in [2.45, 2.75) is 30.6 Å². The van der Waals surface area contributed by atoms with E-state index in [0.717, 1.165) is 17.4 Å². The number of methoxy groups -OCH3 is 1. The van der Waals surface area contributed by atoms with Gasteiger partial charge in [0.2, 0.25) is 0 Å². The minimum atomic E-state index is -1.40. The summed E-state index contributed by atoms with van der Waals surface area (Å²) in [7, 11) is 1.58. The molecule has 22 heavy (non-hydrogen) atoms. The first-order valence-electron chi connectivity index (χ1n) is 7.06. The van der Waals surface area contributed by atoms with Gasteiger partial charge in [-0.05, 0) is 29.7 Å². The zero-order valence-corrected chi connectivity index (χ0v) is 12.2. The highest BCUT2D eigenvalue weighted by atomic mass is 16.7. The molecule has 1 aromatic carbocycles. The van der Waals surface area contributed by atoms with E-state index in [9.17, 15) is 14.7 Å². The lowest BCUT2D eigenvalue weighted by molar-refractivity contribution is -0.154. The summed E-state index contributed by atoms with van der Waals surface area (Å²) in [4.78, 5) is 30.3. The van der Waals surface area contributed by atoms with Gasteiger partial charge in [0, 0.05) is 13.0 Å². The lowest BCUT2D eigenvalue weighted by Crippen LogP contribution is -2.49. The van der Waals surface area contributed by atoms with Crippen LogP contribution in [0.1, 0.15) is 23.6 Å². The first-order valence-corrected chi connectivity index (χ1v) is 7.06. The zero-order chi connectivity index (χ0) is 15.9. The largest absolute Gasteiger partial charge is 0.497 e. The van der Waals surface area contributed by atoms with Gasteiger partial charge in [0.15, 0.2) is 5.60 Å². The predicted molar refractivity (Wildman–Crippen MR) is 75.8 cm³/mol. The van der Waals surface area contributed by atoms with Gasteiger partial charge in [0.1, 0.15) is 18.1 Å². The molecule has 3 atom stereocenters. The molecule has 2 unspecified atom stereocenters. The Bertz CT molecular complexity index is 616. The van der Waals surface area contributed by atoms with Gasteiger partial charge in [0.25, 0.3) is 5.91 Å². The van der Waals surface area contributed by atoms with Gasteiger partial charge in [0.05, 0.1) is 13.2 Å². The number of ether oxygens (including phenoxy) is 1. The van der Waals surface area contributed by atoms with Gasteiger partial charge < -0.3 is 19.5 Å². The topological polar surface area (TPSA) is 102 Å². The van der Waals surface area contributed by atoms with Gasteiger partial charge in [-0.25, -0.2) is 5.90 Å². The molecule has 0 bridgehead atoms. The summed E-state index contributed by atoms with van der Waals surface area (Å²) in [5.41, 5.74) is 0.336. The Kier molecular flexibility index (Phi) is 3.64. The molecule has 1 saturated carbocycles. The van der Waals surface area contributed by atoms with Crippen molar-refractivity contribution in [2.75, 3.05) is 13.7 Å². The van der Waals surface area contributed by atoms with E-state index in [2.05, 4.69) is 0 Å². The average molecular weight is 306 g/mol. The quantitative estimate of drug-likeness (QED) is 0.585. The molecule has 7 nitrogen and oxygen atoms in total. The number of hydrogen-bond donors (Lipinski definition) is 2. The van der Waals surface area contributed by atoms with Gasteiger partial charge >= 0.3 is 0 Å². The minimum Gasteiger partial charge on any atom is -0.497 e. The number of aliphatic hydroxyl groups excluding tert-OH is 1. The van der Waals surface area contributed by atoms with Crippen LogP contribution in [0.15, 0.2) is 18.2 Å². The van der Waals surface area contributed by atoms with Crippen LogP contribution in [0.5, 0.6) is 5.75 Å². The number of aldehydes is 1. The number of rotatable bonds is 4. The second-order valence-electron chi connectivity index (χ2n) is 5.62. The highest BCUT2D eigenvalue weighted by Crippen LogP contribution is 2.43. The number of amides is 1. The fourth-order valence-electron chi connectivity index (χ4n) is 3.01. The summed E-state index contributed by atoms with van der Waals surface area (Å²) in [6.45, 7) is 0.361. The smallest absolute Gasteiger partial charge is 0.260 e. The molecule has 7 heteroatoms. The lowest BCUT2D eigenvalue weighted by atomic mass is 9.92. The number of carbonyl (C=O) groups excluding carboxylic acids is 2. The third kappa shape index (κ3) is 2.09. The van der Waals surface area contributed by atoms with Crippen molar-refractivity contribution in [3.8, 4) is 5.75 Å². The molecule has 1 aromatic rings. The van der Waals surface area contributed by atoms with Crippen molar-refractivity contribution < 1.29 is 24.3 Å². The summed E-state index contributed by atoms with van der Waals surface area (Å²) < 4.78 is 5.18. The summed E-state index contributed by atoms with van der Waals surface area (Å²) in [6.07, 6.45) is 0.551. The summed E-state index contributed by atoms with van der Waals surface area (Å²) in [5.74, 6) is 5.44. The van der Waals surface area contributed by atoms with Crippen molar-refractivity contribution in [1.82, 2.24) is 4.90 Å². The minimum absolute atomic E-state index is 0.153. The van der Waals surface area contributed by atoms with Crippen LogP contribution in [-0.4, -0.2) is 47.6 Å². The van der Waals surface area contributed by atoms with Crippen LogP contribution in [0.4, 0.5) is 0 Å². The van der Waals surface area contributed by atoms with E-state index in [0.29, 0.717) is 18.7 Å². The average Bonchev–Trinajstić information content (AvgIpc) is 3.23. The van der Waals surface area contributed by atoms with Crippen LogP contribution in [0.3, 0.4) is 0 Å². The van der Waals surface area contributed by atoms with Crippen LogP contribution >= 0.6 is 0 Å². The zero-order valence-electron chi connectivity index (χ0n) is 12.2. The van der Waals surface area contributed by atoms with E-state index >= 15 is 0 Å². The van der Waals surface area contributed by atoms with E-state index < -0.39 is 23.7 Å². The van der Waals surface area contributed by atoms with E-state index in [-0.39, 0.29) is 6.42 Å². The second-order valence-corrected chi connectivity index (χ2v) is 5.62. The SMILES string of the molecule is COc1ccc2c(c1)CCN(C(=O)C1(ON)C[C@@H]1O)C2C=O. The van der Waals surface area contributed by atoms with Crippen molar-refractivity contribution in [1.29, 1.82) is 0 Å². The number of benzene rings is 1. The first-order chi connectivity index (χ1) is 10.6. The molecule has 0 saturated heterocycles. The van der Waals surface area contributed by atoms with E-state index in [4.69, 9.17) is 15.5 Å². The van der Waals surface area contributed by atoms with Crippen LogP contribution in [-0.2, 0) is 20.8 Å². The maximum Gasteiger partial charge on any atom is 0.260 e. The van der Waals surface area contributed by atoms with Crippen molar-refractivity contribution in [3.05, 3.63) is 29.3 Å². The molecular weight excluding hydrogens is 288 g/mol. The molecule has 1 aliphatic carbocycles. The summed E-state index contributed by atoms with van der Waals surface area (Å²) in [6, 6.07) is 4.70. The normalized spacial score (nSPS) is 29.7. The first kappa shape index (κ1) is 15.0. The van der Waals surface area contributed by atoms with E-state index in [1.165, 1.54) is 4.90 Å². The fourth-order valence-corrected chi connectivity index (χ4v) is 3.01. The van der Waals surface area contributed by atoms with Crippen molar-refractivity contribution >= 4 is 12.2 Å². The summed E-state index contributed by atoms with van der Waals surface area (Å²) >= 11 is 0. The standard InChI is InChI=1S/C15H18N2O5/c1-21-10-2-3-11-9(6-10)4-5-17(12(11)8-18)14(20)15(22-16)7-13(15)19/h2-3,6,8,12-13,19H,4-5,7,16H2,1H3/t12?,13-,15?/m0/s1. The molecule has 118 valence electrons. The van der Waals surface area contributed by atoms with Crippen LogP contribution in [0.2, 0.25) is 0 Å². The second kappa shape index (κ2) is 5.35. The Morgan fingerprint density at radius 1 is 1.55 bits per heavy atom. The number of nitrogens with zero attached hydrogens (tertiary/aromatic N) is 1. The fraction of sp³-hybridized carbons (Fsp3) is 0.467. The number of nitrogens with two attached hydrogens (primary N) is 1. The molecular formula is C15H18N2O5. The Hall–Kier alpha value is -1.96. The Labute approximate surface area is 127 Å². The lowest BCUT2D eigenvalue weighted by Gasteiger charge is -2.36. The van der Waals surface area contributed by atoms with Gasteiger partial charge in [-0.3, -0.25) is 9.63 Å². The molecule has 1 amide bonds. The molecule has 3 rings (SSSR count). The molecule has 0 radical (unpaired) electrons. The van der Waals surface area contributed by atoms with Crippen LogP contribution < -0.4 is 10.6 Å². The van der Waals surface area contributed by atoms with Gasteiger partial charge in [-0.1, -0.05) is 6.07 Å². The number of carbonyl (C=O) groups is 2. The third-order valence-electron chi connectivity index (χ3n) is 4.46. The van der Waals surface area contributed by atoms with Crippen molar-refractivity contribution in [2.24, 2.45) is 5.90 Å². The van der Waals surface area contributed by atoms with E-state index in [1.54, 1.807) is 19.2 Å². The Morgan fingerprint density at radius 2 is 2.27 bits per heavy atom. The van der Waals surface area contributed by atoms with Crippen LogP contribution in [0, 0.1) is 0 Å². The highest BCUT2D eigenvalue weighted by Gasteiger charge is 2.64. The van der Waals surface area contributed by atoms with E-state index in [1.807, 2.05) is 6.07 Å². The van der Waals surface area contributed by atoms with Gasteiger partial charge in [-0.15, -0.1) is 0 Å². The molecule has 1 aliphatic heterocycles. The molecule has 3 N–H and O–H groups in total. The number of fused-ring (bicyclic) bond motifs is 1. The highest BCUT2D eigenvalue weighted by molar-refractivity contribution is 5.92. The Balaban J connectivity index is 1.92. The molecule has 0 aromatic heterocycles. The number of aliphatic hydroxyl groups is 1. The maximum absolute atomic E-state index is 12.6. The maximum atomic E-state index is 12.6. The molecule has 1 fully saturated rings. The van der Waals surface area contributed by atoms with Crippen LogP contribution in [0.25, 0.3) is 0 Å².